The summed E-state index contributed by atoms with van der Waals surface area (Å²) < 4.78 is 19.5. The lowest BCUT2D eigenvalue weighted by atomic mass is 10.1. The number of aromatic nitrogens is 2. The van der Waals surface area contributed by atoms with Crippen LogP contribution in [0.15, 0.2) is 77.4 Å². The summed E-state index contributed by atoms with van der Waals surface area (Å²) in [5.41, 5.74) is 2.70. The second-order valence-electron chi connectivity index (χ2n) is 8.91. The molecule has 7 nitrogen and oxygen atoms in total. The Bertz CT molecular complexity index is 1200. The quantitative estimate of drug-likeness (QED) is 0.244. The molecular weight excluding hydrogens is 454 g/mol. The first-order valence-electron chi connectivity index (χ1n) is 12.5. The molecule has 2 aromatic carbocycles. The van der Waals surface area contributed by atoms with Gasteiger partial charge in [-0.25, -0.2) is 4.68 Å². The standard InChI is InChI=1S/C29H35N3O4/c1-4-5-14-24(33)19-31(20-25-15-11-18-35-25)21-26-22(2)30-32(23-12-7-6-8-13-23)29(26)36-28-17-10-9-16-27(28)34-3/h6-13,15-18,24,33H,4-5,14,19-21H2,1-3H3. The molecule has 0 aliphatic heterocycles. The number of aliphatic hydroxyl groups is 1. The molecular formula is C29H35N3O4. The number of unbranched alkanes of at least 4 members (excludes halogenated alkanes) is 1. The zero-order chi connectivity index (χ0) is 25.3. The summed E-state index contributed by atoms with van der Waals surface area (Å²) >= 11 is 0. The highest BCUT2D eigenvalue weighted by molar-refractivity contribution is 5.47. The van der Waals surface area contributed by atoms with Gasteiger partial charge in [-0.05, 0) is 49.7 Å². The number of aliphatic hydroxyl groups excluding tert-OH is 1. The summed E-state index contributed by atoms with van der Waals surface area (Å²) in [6.45, 7) is 5.75. The van der Waals surface area contributed by atoms with Gasteiger partial charge >= 0.3 is 0 Å². The van der Waals surface area contributed by atoms with Crippen molar-refractivity contribution in [1.82, 2.24) is 14.7 Å². The summed E-state index contributed by atoms with van der Waals surface area (Å²) in [4.78, 5) is 2.19. The Kier molecular flexibility index (Phi) is 8.81. The van der Waals surface area contributed by atoms with Crippen molar-refractivity contribution in [2.24, 2.45) is 0 Å². The van der Waals surface area contributed by atoms with Crippen LogP contribution in [0.1, 0.15) is 43.2 Å². The Morgan fingerprint density at radius 2 is 1.75 bits per heavy atom. The van der Waals surface area contributed by atoms with Crippen molar-refractivity contribution in [3.05, 3.63) is 90.0 Å². The predicted molar refractivity (Wildman–Crippen MR) is 140 cm³/mol. The maximum atomic E-state index is 10.7. The average Bonchev–Trinajstić information content (AvgIpc) is 3.52. The number of furan rings is 1. The molecule has 190 valence electrons. The van der Waals surface area contributed by atoms with E-state index in [-0.39, 0.29) is 0 Å². The minimum absolute atomic E-state index is 0.428. The zero-order valence-corrected chi connectivity index (χ0v) is 21.3. The molecule has 7 heteroatoms. The highest BCUT2D eigenvalue weighted by atomic mass is 16.5. The molecule has 2 aromatic heterocycles. The lowest BCUT2D eigenvalue weighted by Crippen LogP contribution is -2.32. The van der Waals surface area contributed by atoms with E-state index in [4.69, 9.17) is 19.0 Å². The van der Waals surface area contributed by atoms with E-state index < -0.39 is 6.10 Å². The van der Waals surface area contributed by atoms with E-state index in [2.05, 4.69) is 11.8 Å². The summed E-state index contributed by atoms with van der Waals surface area (Å²) in [6.07, 6.45) is 4.05. The molecule has 0 bridgehead atoms. The number of nitrogens with zero attached hydrogens (tertiary/aromatic N) is 3. The second kappa shape index (κ2) is 12.4. The van der Waals surface area contributed by atoms with Crippen LogP contribution < -0.4 is 9.47 Å². The molecule has 0 aliphatic carbocycles. The van der Waals surface area contributed by atoms with Gasteiger partial charge in [0.15, 0.2) is 11.5 Å². The molecule has 0 radical (unpaired) electrons. The van der Waals surface area contributed by atoms with Crippen LogP contribution in [0.25, 0.3) is 5.69 Å². The number of methoxy groups -OCH3 is 1. The third kappa shape index (κ3) is 6.36. The Morgan fingerprint density at radius 3 is 2.44 bits per heavy atom. The monoisotopic (exact) mass is 489 g/mol. The fourth-order valence-corrected chi connectivity index (χ4v) is 4.24. The number of aryl methyl sites for hydroxylation is 1. The number of hydrogen-bond donors (Lipinski definition) is 1. The smallest absolute Gasteiger partial charge is 0.227 e. The van der Waals surface area contributed by atoms with Crippen molar-refractivity contribution in [2.75, 3.05) is 13.7 Å². The van der Waals surface area contributed by atoms with Gasteiger partial charge in [-0.2, -0.15) is 5.10 Å². The first kappa shape index (κ1) is 25.5. The van der Waals surface area contributed by atoms with Crippen LogP contribution in [0.5, 0.6) is 17.4 Å². The maximum absolute atomic E-state index is 10.7. The Hall–Kier alpha value is -3.55. The van der Waals surface area contributed by atoms with Crippen LogP contribution in [0.2, 0.25) is 0 Å². The largest absolute Gasteiger partial charge is 0.493 e. The fourth-order valence-electron chi connectivity index (χ4n) is 4.24. The molecule has 0 amide bonds. The molecule has 4 aromatic rings. The molecule has 0 saturated heterocycles. The molecule has 0 fully saturated rings. The van der Waals surface area contributed by atoms with Gasteiger partial charge in [-0.15, -0.1) is 0 Å². The van der Waals surface area contributed by atoms with Crippen LogP contribution in [0.3, 0.4) is 0 Å². The van der Waals surface area contributed by atoms with E-state index in [1.807, 2.05) is 78.3 Å². The first-order chi connectivity index (χ1) is 17.6. The van der Waals surface area contributed by atoms with Gasteiger partial charge in [0.2, 0.25) is 5.88 Å². The molecule has 1 atom stereocenters. The normalized spacial score (nSPS) is 12.1. The van der Waals surface area contributed by atoms with Crippen molar-refractivity contribution in [2.45, 2.75) is 52.3 Å². The molecule has 1 unspecified atom stereocenters. The van der Waals surface area contributed by atoms with Crippen molar-refractivity contribution >= 4 is 0 Å². The number of ether oxygens (including phenoxy) is 2. The van der Waals surface area contributed by atoms with Gasteiger partial charge < -0.3 is 19.0 Å². The molecule has 36 heavy (non-hydrogen) atoms. The maximum Gasteiger partial charge on any atom is 0.227 e. The van der Waals surface area contributed by atoms with Crippen LogP contribution >= 0.6 is 0 Å². The summed E-state index contributed by atoms with van der Waals surface area (Å²) in [6, 6.07) is 21.4. The minimum Gasteiger partial charge on any atom is -0.493 e. The highest BCUT2D eigenvalue weighted by Crippen LogP contribution is 2.36. The third-order valence-corrected chi connectivity index (χ3v) is 6.11. The molecule has 0 aliphatic rings. The topological polar surface area (TPSA) is 72.9 Å². The van der Waals surface area contributed by atoms with Crippen molar-refractivity contribution < 1.29 is 19.0 Å². The summed E-state index contributed by atoms with van der Waals surface area (Å²) in [5, 5.41) is 15.6. The fraction of sp³-hybridized carbons (Fsp3) is 0.345. The van der Waals surface area contributed by atoms with Crippen molar-refractivity contribution in [1.29, 1.82) is 0 Å². The lowest BCUT2D eigenvalue weighted by Gasteiger charge is -2.25. The van der Waals surface area contributed by atoms with Gasteiger partial charge in [-0.3, -0.25) is 4.90 Å². The van der Waals surface area contributed by atoms with Crippen molar-refractivity contribution in [3.8, 4) is 23.1 Å². The molecule has 1 N–H and O–H groups in total. The van der Waals surface area contributed by atoms with Crippen LogP contribution in [0.4, 0.5) is 0 Å². The van der Waals surface area contributed by atoms with Crippen LogP contribution in [-0.4, -0.2) is 39.5 Å². The molecule has 0 saturated carbocycles. The third-order valence-electron chi connectivity index (χ3n) is 6.11. The summed E-state index contributed by atoms with van der Waals surface area (Å²) in [5.74, 6) is 2.72. The Morgan fingerprint density at radius 1 is 1.00 bits per heavy atom. The van der Waals surface area contributed by atoms with Gasteiger partial charge in [0.25, 0.3) is 0 Å². The average molecular weight is 490 g/mol. The minimum atomic E-state index is -0.428. The zero-order valence-electron chi connectivity index (χ0n) is 21.3. The van der Waals surface area contributed by atoms with Gasteiger partial charge in [0.1, 0.15) is 5.76 Å². The van der Waals surface area contributed by atoms with Crippen LogP contribution in [-0.2, 0) is 13.1 Å². The predicted octanol–water partition coefficient (Wildman–Crippen LogP) is 6.13. The van der Waals surface area contributed by atoms with E-state index in [1.165, 1.54) is 0 Å². The number of benzene rings is 2. The van der Waals surface area contributed by atoms with E-state index >= 15 is 0 Å². The number of hydrogen-bond acceptors (Lipinski definition) is 6. The number of para-hydroxylation sites is 3. The Balaban J connectivity index is 1.71. The van der Waals surface area contributed by atoms with Crippen molar-refractivity contribution in [3.63, 3.8) is 0 Å². The number of rotatable bonds is 13. The SMILES string of the molecule is CCCCC(O)CN(Cc1ccco1)Cc1c(C)nn(-c2ccccc2)c1Oc1ccccc1OC. The molecule has 2 heterocycles. The lowest BCUT2D eigenvalue weighted by molar-refractivity contribution is 0.0915. The first-order valence-corrected chi connectivity index (χ1v) is 12.5. The Labute approximate surface area is 212 Å². The van der Waals surface area contributed by atoms with Gasteiger partial charge in [-0.1, -0.05) is 50.1 Å². The highest BCUT2D eigenvalue weighted by Gasteiger charge is 2.24. The molecule has 0 spiro atoms. The molecule has 4 rings (SSSR count). The van der Waals surface area contributed by atoms with E-state index in [9.17, 15) is 5.11 Å². The van der Waals surface area contributed by atoms with Gasteiger partial charge in [0.05, 0.1) is 43.0 Å². The van der Waals surface area contributed by atoms with E-state index in [0.29, 0.717) is 37.0 Å². The second-order valence-corrected chi connectivity index (χ2v) is 8.91. The van der Waals surface area contributed by atoms with Crippen LogP contribution in [0, 0.1) is 6.92 Å². The summed E-state index contributed by atoms with van der Waals surface area (Å²) in [7, 11) is 1.63. The van der Waals surface area contributed by atoms with E-state index in [0.717, 1.165) is 42.0 Å². The van der Waals surface area contributed by atoms with E-state index in [1.54, 1.807) is 13.4 Å². The van der Waals surface area contributed by atoms with Gasteiger partial charge in [0, 0.05) is 13.1 Å².